The van der Waals surface area contributed by atoms with E-state index < -0.39 is 20.8 Å². The molecule has 0 fully saturated rings. The van der Waals surface area contributed by atoms with Gasteiger partial charge in [0.05, 0.1) is 0 Å². The van der Waals surface area contributed by atoms with Gasteiger partial charge in [-0.05, 0) is 0 Å². The van der Waals surface area contributed by atoms with Crippen LogP contribution in [0.5, 0.6) is 0 Å². The zero-order valence-electron chi connectivity index (χ0n) is 4.87. The molecular formula is H7LiNNaO8S2. The molecule has 0 radical (unpaired) electrons. The van der Waals surface area contributed by atoms with E-state index in [1.807, 2.05) is 0 Å². The molecule has 13 heavy (non-hydrogen) atoms. The van der Waals surface area contributed by atoms with Gasteiger partial charge in [-0.2, -0.15) is 16.8 Å². The van der Waals surface area contributed by atoms with Crippen molar-refractivity contribution in [3.63, 3.8) is 0 Å². The van der Waals surface area contributed by atoms with Crippen molar-refractivity contribution >= 4 is 69.2 Å². The summed E-state index contributed by atoms with van der Waals surface area (Å²) in [5, 5.41) is 0. The van der Waals surface area contributed by atoms with Gasteiger partial charge in [-0.25, -0.2) is 0 Å². The van der Waals surface area contributed by atoms with Crippen molar-refractivity contribution in [3.05, 3.63) is 0 Å². The van der Waals surface area contributed by atoms with E-state index in [0.29, 0.717) is 0 Å². The van der Waals surface area contributed by atoms with Crippen LogP contribution in [-0.4, -0.2) is 74.4 Å². The molecule has 0 spiro atoms. The molecule has 0 unspecified atom stereocenters. The summed E-state index contributed by atoms with van der Waals surface area (Å²) in [6, 6.07) is 0. The molecule has 0 aromatic rings. The van der Waals surface area contributed by atoms with E-state index in [9.17, 15) is 16.8 Å². The Balaban J connectivity index is -0.000000135. The van der Waals surface area contributed by atoms with E-state index in [2.05, 4.69) is 8.67 Å². The number of rotatable bonds is 3. The number of hydrogen-bond donors (Lipinski definition) is 3. The maximum absolute atomic E-state index is 9.51. The molecule has 0 aromatic heterocycles. The molecule has 0 saturated heterocycles. The molecule has 0 aliphatic rings. The Morgan fingerprint density at radius 1 is 0.846 bits per heavy atom. The molecule has 13 heteroatoms. The predicted molar refractivity (Wildman–Crippen MR) is 44.6 cm³/mol. The minimum atomic E-state index is -5.02. The molecule has 0 amide bonds. The first-order valence-electron chi connectivity index (χ1n) is 1.53. The molecule has 0 aliphatic carbocycles. The van der Waals surface area contributed by atoms with Crippen molar-refractivity contribution in [1.82, 2.24) is 6.15 Å². The average Bonchev–Trinajstić information content (AvgIpc) is 1.57. The summed E-state index contributed by atoms with van der Waals surface area (Å²) >= 11 is 0. The van der Waals surface area contributed by atoms with E-state index >= 15 is 0 Å². The molecule has 5 N–H and O–H groups in total. The van der Waals surface area contributed by atoms with E-state index in [-0.39, 0.29) is 54.6 Å². The van der Waals surface area contributed by atoms with Gasteiger partial charge in [-0.3, -0.25) is 9.11 Å². The minimum absolute atomic E-state index is 0. The Kier molecular flexibility index (Phi) is 15.8. The Labute approximate surface area is 109 Å². The number of hydrogen-bond acceptors (Lipinski definition) is 7. The van der Waals surface area contributed by atoms with Crippen molar-refractivity contribution in [2.75, 3.05) is 0 Å². The van der Waals surface area contributed by atoms with Gasteiger partial charge in [0, 0.05) is 0 Å². The van der Waals surface area contributed by atoms with Gasteiger partial charge >= 0.3 is 69.2 Å². The Bertz CT molecular complexity index is 258. The van der Waals surface area contributed by atoms with Gasteiger partial charge < -0.3 is 6.15 Å². The molecule has 9 nitrogen and oxygen atoms in total. The summed E-state index contributed by atoms with van der Waals surface area (Å²) in [6.07, 6.45) is 0. The van der Waals surface area contributed by atoms with Gasteiger partial charge in [0.15, 0.2) is 0 Å². The second-order valence-electron chi connectivity index (χ2n) is 0.992. The molecule has 0 aliphatic heterocycles. The van der Waals surface area contributed by atoms with Crippen LogP contribution in [0.15, 0.2) is 0 Å². The van der Waals surface area contributed by atoms with Crippen LogP contribution < -0.4 is 6.15 Å². The van der Waals surface area contributed by atoms with Crippen LogP contribution in [0.2, 0.25) is 0 Å². The van der Waals surface area contributed by atoms with Gasteiger partial charge in [0.25, 0.3) is 0 Å². The van der Waals surface area contributed by atoms with E-state index in [4.69, 9.17) is 9.11 Å². The van der Waals surface area contributed by atoms with E-state index in [1.165, 1.54) is 0 Å². The summed E-state index contributed by atoms with van der Waals surface area (Å²) in [5.74, 6) is 0. The fourth-order valence-corrected chi connectivity index (χ4v) is 0.632. The summed E-state index contributed by atoms with van der Waals surface area (Å²) in [6.45, 7) is 0. The van der Waals surface area contributed by atoms with Crippen molar-refractivity contribution in [3.8, 4) is 0 Å². The molecule has 0 atom stereocenters. The molecule has 0 rings (SSSR count). The first-order chi connectivity index (χ1) is 4.21. The third-order valence-electron chi connectivity index (χ3n) is 0.200. The molecule has 0 saturated carbocycles. The first kappa shape index (κ1) is 23.8. The van der Waals surface area contributed by atoms with Gasteiger partial charge in [-0.15, -0.1) is 0 Å². The van der Waals surface area contributed by atoms with Gasteiger partial charge in [-0.1, -0.05) is 8.67 Å². The van der Waals surface area contributed by atoms with E-state index in [0.717, 1.165) is 0 Å². The predicted octanol–water partition coefficient (Wildman–Crippen LogP) is -2.59. The average molecular weight is 243 g/mol. The zero-order valence-corrected chi connectivity index (χ0v) is 6.50. The summed E-state index contributed by atoms with van der Waals surface area (Å²) in [4.78, 5) is 0. The van der Waals surface area contributed by atoms with Gasteiger partial charge in [0.1, 0.15) is 0 Å². The topological polar surface area (TPSA) is 162 Å². The Morgan fingerprint density at radius 2 is 1.00 bits per heavy atom. The van der Waals surface area contributed by atoms with Crippen molar-refractivity contribution in [2.45, 2.75) is 0 Å². The van der Waals surface area contributed by atoms with Crippen LogP contribution in [0.25, 0.3) is 0 Å². The summed E-state index contributed by atoms with van der Waals surface area (Å²) < 4.78 is 58.9. The van der Waals surface area contributed by atoms with Crippen molar-refractivity contribution < 1.29 is 34.6 Å². The van der Waals surface area contributed by atoms with Crippen LogP contribution in [-0.2, 0) is 29.5 Å². The van der Waals surface area contributed by atoms with Crippen molar-refractivity contribution in [1.29, 1.82) is 0 Å². The summed E-state index contributed by atoms with van der Waals surface area (Å²) in [7, 11) is -10.0. The van der Waals surface area contributed by atoms with Crippen LogP contribution in [0.4, 0.5) is 0 Å². The molecule has 74 valence electrons. The first-order valence-corrected chi connectivity index (χ1v) is 4.26. The van der Waals surface area contributed by atoms with Crippen LogP contribution in [0.3, 0.4) is 0 Å². The molecule has 0 heterocycles. The summed E-state index contributed by atoms with van der Waals surface area (Å²) in [5.41, 5.74) is 0. The monoisotopic (exact) mass is 243 g/mol. The molecule has 0 aromatic carbocycles. The standard InChI is InChI=1S/Li.H3N.Na.H2O8S2.2H/c;;;1-9(2,3)7-8-10(4,5)6;;/h;1H3;;(H,1,2,3)(H,4,5,6);;. The fourth-order valence-electron chi connectivity index (χ4n) is 0.0702. The zero-order chi connectivity index (χ0) is 8.41. The third kappa shape index (κ3) is 24.7. The third-order valence-corrected chi connectivity index (χ3v) is 0.766. The van der Waals surface area contributed by atoms with Crippen LogP contribution >= 0.6 is 0 Å². The van der Waals surface area contributed by atoms with Gasteiger partial charge in [0.2, 0.25) is 0 Å². The Hall–Kier alpha value is 1.30. The van der Waals surface area contributed by atoms with Crippen LogP contribution in [0, 0.1) is 0 Å². The Morgan fingerprint density at radius 3 is 1.08 bits per heavy atom. The normalized spacial score (nSPS) is 10.3. The second kappa shape index (κ2) is 8.59. The second-order valence-corrected chi connectivity index (χ2v) is 2.97. The molecule has 0 bridgehead atoms. The maximum atomic E-state index is 9.51. The quantitative estimate of drug-likeness (QED) is 0.209. The van der Waals surface area contributed by atoms with Crippen molar-refractivity contribution in [2.24, 2.45) is 0 Å². The van der Waals surface area contributed by atoms with Crippen LogP contribution in [0.1, 0.15) is 0 Å². The fraction of sp³-hybridized carbons (Fsp3) is 0. The SMILES string of the molecule is N.O=S(=O)(O)OOS(=O)(=O)O.[LiH].[NaH]. The van der Waals surface area contributed by atoms with E-state index in [1.54, 1.807) is 0 Å². The molecular weight excluding hydrogens is 236 g/mol.